The number of hydrogen-bond acceptors (Lipinski definition) is 3. The normalized spacial score (nSPS) is 19.9. The molecule has 0 aromatic carbocycles. The number of nitrogens with zero attached hydrogens (tertiary/aromatic N) is 2. The maximum absolute atomic E-state index is 12.3. The Labute approximate surface area is 114 Å². The molecule has 0 aromatic rings. The summed E-state index contributed by atoms with van der Waals surface area (Å²) in [5.74, 6) is -1.30. The van der Waals surface area contributed by atoms with Crippen molar-refractivity contribution in [2.24, 2.45) is 5.92 Å². The summed E-state index contributed by atoms with van der Waals surface area (Å²) in [5.41, 5.74) is 0. The third kappa shape index (κ3) is 6.09. The minimum Gasteiger partial charge on any atom is -0.480 e. The van der Waals surface area contributed by atoms with Crippen molar-refractivity contribution < 1.29 is 27.9 Å². The number of halogens is 3. The average Bonchev–Trinajstić information content (AvgIpc) is 2.68. The Bertz CT molecular complexity index is 363. The van der Waals surface area contributed by atoms with Crippen LogP contribution in [0.15, 0.2) is 0 Å². The molecule has 6 nitrogen and oxygen atoms in total. The number of hydrogen-bond donors (Lipinski definition) is 2. The Morgan fingerprint density at radius 2 is 2.10 bits per heavy atom. The predicted octanol–water partition coefficient (Wildman–Crippen LogP) is 0.597. The Morgan fingerprint density at radius 3 is 2.55 bits per heavy atom. The van der Waals surface area contributed by atoms with Crippen molar-refractivity contribution in [3.8, 4) is 0 Å². The SMILES string of the molecule is CN1CCC(CNC(=O)N(CC(=O)O)CC(F)(F)F)C1. The van der Waals surface area contributed by atoms with Crippen molar-refractivity contribution in [2.45, 2.75) is 12.6 Å². The number of carboxylic acid groups (broad SMARTS) is 1. The van der Waals surface area contributed by atoms with E-state index in [1.54, 1.807) is 0 Å². The van der Waals surface area contributed by atoms with Crippen LogP contribution in [0.5, 0.6) is 0 Å². The van der Waals surface area contributed by atoms with Crippen LogP contribution in [0.25, 0.3) is 0 Å². The van der Waals surface area contributed by atoms with Crippen LogP contribution in [-0.4, -0.2) is 72.9 Å². The van der Waals surface area contributed by atoms with Crippen LogP contribution in [0.3, 0.4) is 0 Å². The summed E-state index contributed by atoms with van der Waals surface area (Å²) in [6, 6.07) is -1.00. The predicted molar refractivity (Wildman–Crippen MR) is 64.3 cm³/mol. The van der Waals surface area contributed by atoms with Gasteiger partial charge in [-0.05, 0) is 25.9 Å². The second kappa shape index (κ2) is 6.78. The summed E-state index contributed by atoms with van der Waals surface area (Å²) in [6.07, 6.45) is -3.77. The summed E-state index contributed by atoms with van der Waals surface area (Å²) >= 11 is 0. The molecule has 20 heavy (non-hydrogen) atoms. The molecule has 1 aliphatic heterocycles. The van der Waals surface area contributed by atoms with Crippen molar-refractivity contribution >= 4 is 12.0 Å². The number of carbonyl (C=O) groups excluding carboxylic acids is 1. The van der Waals surface area contributed by atoms with Crippen LogP contribution in [-0.2, 0) is 4.79 Å². The second-order valence-electron chi connectivity index (χ2n) is 4.97. The number of urea groups is 1. The van der Waals surface area contributed by atoms with Crippen molar-refractivity contribution in [3.05, 3.63) is 0 Å². The van der Waals surface area contributed by atoms with Crippen LogP contribution < -0.4 is 5.32 Å². The molecule has 0 aliphatic carbocycles. The van der Waals surface area contributed by atoms with Gasteiger partial charge in [-0.1, -0.05) is 0 Å². The largest absolute Gasteiger partial charge is 0.480 e. The van der Waals surface area contributed by atoms with Gasteiger partial charge >= 0.3 is 18.2 Å². The second-order valence-corrected chi connectivity index (χ2v) is 4.97. The molecule has 2 amide bonds. The van der Waals surface area contributed by atoms with Gasteiger partial charge < -0.3 is 20.2 Å². The lowest BCUT2D eigenvalue weighted by atomic mass is 10.1. The van der Waals surface area contributed by atoms with E-state index in [2.05, 4.69) is 10.2 Å². The number of rotatable bonds is 5. The van der Waals surface area contributed by atoms with Gasteiger partial charge in [-0.15, -0.1) is 0 Å². The molecule has 0 saturated carbocycles. The third-order valence-corrected chi connectivity index (χ3v) is 3.01. The molecule has 9 heteroatoms. The number of aliphatic carboxylic acids is 1. The van der Waals surface area contributed by atoms with Crippen molar-refractivity contribution in [1.82, 2.24) is 15.1 Å². The van der Waals surface area contributed by atoms with Gasteiger partial charge in [0.2, 0.25) is 0 Å². The minimum atomic E-state index is -4.62. The van der Waals surface area contributed by atoms with Crippen LogP contribution in [0, 0.1) is 5.92 Å². The first-order valence-electron chi connectivity index (χ1n) is 6.17. The first-order chi connectivity index (χ1) is 9.17. The van der Waals surface area contributed by atoms with Crippen LogP contribution in [0.2, 0.25) is 0 Å². The molecule has 0 spiro atoms. The number of likely N-dealkylation sites (tertiary alicyclic amines) is 1. The first kappa shape index (κ1) is 16.5. The maximum Gasteiger partial charge on any atom is 0.406 e. The molecule has 0 radical (unpaired) electrons. The Balaban J connectivity index is 2.47. The number of nitrogens with one attached hydrogen (secondary N) is 1. The maximum atomic E-state index is 12.3. The molecule has 1 rings (SSSR count). The highest BCUT2D eigenvalue weighted by Gasteiger charge is 2.34. The van der Waals surface area contributed by atoms with Gasteiger partial charge in [0.05, 0.1) is 0 Å². The zero-order chi connectivity index (χ0) is 15.3. The molecule has 1 heterocycles. The fraction of sp³-hybridized carbons (Fsp3) is 0.818. The highest BCUT2D eigenvalue weighted by molar-refractivity contribution is 5.80. The molecule has 1 atom stereocenters. The lowest BCUT2D eigenvalue weighted by molar-refractivity contribution is -0.148. The topological polar surface area (TPSA) is 72.9 Å². The van der Waals surface area contributed by atoms with E-state index in [1.807, 2.05) is 7.05 Å². The molecule has 1 saturated heterocycles. The van der Waals surface area contributed by atoms with E-state index in [9.17, 15) is 22.8 Å². The molecule has 0 aromatic heterocycles. The number of amides is 2. The van der Waals surface area contributed by atoms with E-state index in [1.165, 1.54) is 0 Å². The van der Waals surface area contributed by atoms with Gasteiger partial charge in [0, 0.05) is 13.1 Å². The fourth-order valence-electron chi connectivity index (χ4n) is 2.12. The summed E-state index contributed by atoms with van der Waals surface area (Å²) < 4.78 is 36.9. The Hall–Kier alpha value is -1.51. The lowest BCUT2D eigenvalue weighted by Crippen LogP contribution is -2.48. The monoisotopic (exact) mass is 297 g/mol. The Kier molecular flexibility index (Phi) is 5.61. The summed E-state index contributed by atoms with van der Waals surface area (Å²) in [7, 11) is 1.92. The van der Waals surface area contributed by atoms with Gasteiger partial charge in [0.15, 0.2) is 0 Å². The molecule has 1 fully saturated rings. The zero-order valence-electron chi connectivity index (χ0n) is 11.1. The Morgan fingerprint density at radius 1 is 1.45 bits per heavy atom. The van der Waals surface area contributed by atoms with Gasteiger partial charge in [0.25, 0.3) is 0 Å². The smallest absolute Gasteiger partial charge is 0.406 e. The van der Waals surface area contributed by atoms with Gasteiger partial charge in [-0.3, -0.25) is 4.79 Å². The number of carboxylic acids is 1. The lowest BCUT2D eigenvalue weighted by Gasteiger charge is -2.23. The van der Waals surface area contributed by atoms with E-state index < -0.39 is 31.3 Å². The highest BCUT2D eigenvalue weighted by Crippen LogP contribution is 2.17. The zero-order valence-corrected chi connectivity index (χ0v) is 11.1. The van der Waals surface area contributed by atoms with Crippen LogP contribution in [0.4, 0.5) is 18.0 Å². The van der Waals surface area contributed by atoms with E-state index >= 15 is 0 Å². The van der Waals surface area contributed by atoms with Crippen molar-refractivity contribution in [3.63, 3.8) is 0 Å². The molecular formula is C11H18F3N3O3. The quantitative estimate of drug-likeness (QED) is 0.779. The summed E-state index contributed by atoms with van der Waals surface area (Å²) in [4.78, 5) is 24.4. The van der Waals surface area contributed by atoms with E-state index in [0.717, 1.165) is 19.5 Å². The summed E-state index contributed by atoms with van der Waals surface area (Å²) in [6.45, 7) is -0.664. The van der Waals surface area contributed by atoms with Crippen molar-refractivity contribution in [2.75, 3.05) is 39.8 Å². The molecular weight excluding hydrogens is 279 g/mol. The third-order valence-electron chi connectivity index (χ3n) is 3.01. The fourth-order valence-corrected chi connectivity index (χ4v) is 2.12. The highest BCUT2D eigenvalue weighted by atomic mass is 19.4. The minimum absolute atomic E-state index is 0.182. The molecule has 1 aliphatic rings. The van der Waals surface area contributed by atoms with E-state index in [-0.39, 0.29) is 17.4 Å². The number of alkyl halides is 3. The molecule has 116 valence electrons. The van der Waals surface area contributed by atoms with E-state index in [4.69, 9.17) is 5.11 Å². The molecule has 2 N–H and O–H groups in total. The van der Waals surface area contributed by atoms with Gasteiger partial charge in [-0.2, -0.15) is 13.2 Å². The summed E-state index contributed by atoms with van der Waals surface area (Å²) in [5, 5.41) is 10.9. The molecule has 1 unspecified atom stereocenters. The van der Waals surface area contributed by atoms with Crippen molar-refractivity contribution in [1.29, 1.82) is 0 Å². The van der Waals surface area contributed by atoms with E-state index in [0.29, 0.717) is 0 Å². The van der Waals surface area contributed by atoms with Gasteiger partial charge in [0.1, 0.15) is 13.1 Å². The average molecular weight is 297 g/mol. The molecule has 0 bridgehead atoms. The van der Waals surface area contributed by atoms with Crippen LogP contribution >= 0.6 is 0 Å². The standard InChI is InChI=1S/C11H18F3N3O3/c1-16-3-2-8(5-16)4-15-10(20)17(6-9(18)19)7-11(12,13)14/h8H,2-7H2,1H3,(H,15,20)(H,18,19). The van der Waals surface area contributed by atoms with Gasteiger partial charge in [-0.25, -0.2) is 4.79 Å². The number of carbonyl (C=O) groups is 2. The van der Waals surface area contributed by atoms with Crippen LogP contribution in [0.1, 0.15) is 6.42 Å². The first-order valence-corrected chi connectivity index (χ1v) is 6.17.